The lowest BCUT2D eigenvalue weighted by molar-refractivity contribution is -0.224. The predicted molar refractivity (Wildman–Crippen MR) is 73.7 cm³/mol. The van der Waals surface area contributed by atoms with Crippen LogP contribution in [0.5, 0.6) is 5.88 Å². The highest BCUT2D eigenvalue weighted by molar-refractivity contribution is 5.34. The Kier molecular flexibility index (Phi) is 4.49. The fourth-order valence-electron chi connectivity index (χ4n) is 2.74. The standard InChI is InChI=1S/C13H16F3N3O6/c1-23-6-2-5(13(14,15)16)17-11(18-6)19-7-8(21)9(22)12(3-20)4-24-10(7)25-12/h2,7-10,20-22H,3-4H2,1H3,(H,17,18,19)/t7-,8-,9-,10+,12+/m1/s1. The molecule has 2 saturated heterocycles. The molecule has 9 nitrogen and oxygen atoms in total. The minimum atomic E-state index is -4.73. The van der Waals surface area contributed by atoms with E-state index in [0.717, 1.165) is 7.11 Å². The Morgan fingerprint density at radius 2 is 2.12 bits per heavy atom. The second kappa shape index (κ2) is 6.21. The van der Waals surface area contributed by atoms with E-state index in [1.54, 1.807) is 0 Å². The highest BCUT2D eigenvalue weighted by atomic mass is 19.4. The zero-order valence-electron chi connectivity index (χ0n) is 12.9. The van der Waals surface area contributed by atoms with E-state index in [0.29, 0.717) is 6.07 Å². The maximum atomic E-state index is 12.9. The van der Waals surface area contributed by atoms with Crippen molar-refractivity contribution < 1.29 is 42.7 Å². The van der Waals surface area contributed by atoms with Crippen LogP contribution in [-0.2, 0) is 15.7 Å². The quantitative estimate of drug-likeness (QED) is 0.537. The summed E-state index contributed by atoms with van der Waals surface area (Å²) < 4.78 is 54.1. The number of aliphatic hydroxyl groups is 3. The SMILES string of the molecule is COc1cc(C(F)(F)F)nc(N[C@H]2[C@H]3OC[C@](CO)(O3)[C@H](O)[C@@H]2O)n1. The molecule has 3 rings (SSSR count). The maximum Gasteiger partial charge on any atom is 0.433 e. The molecule has 0 spiro atoms. The number of ether oxygens (including phenoxy) is 3. The molecule has 0 saturated carbocycles. The average Bonchev–Trinajstić information content (AvgIpc) is 2.99. The predicted octanol–water partition coefficient (Wildman–Crippen LogP) is -0.876. The molecule has 2 aliphatic heterocycles. The molecular formula is C13H16F3N3O6. The first-order chi connectivity index (χ1) is 11.7. The number of methoxy groups -OCH3 is 1. The van der Waals surface area contributed by atoms with Crippen molar-refractivity contribution in [3.63, 3.8) is 0 Å². The van der Waals surface area contributed by atoms with Gasteiger partial charge in [-0.05, 0) is 0 Å². The summed E-state index contributed by atoms with van der Waals surface area (Å²) >= 11 is 0. The van der Waals surface area contributed by atoms with Gasteiger partial charge < -0.3 is 34.8 Å². The van der Waals surface area contributed by atoms with Crippen LogP contribution in [0.2, 0.25) is 0 Å². The van der Waals surface area contributed by atoms with Crippen molar-refractivity contribution in [1.82, 2.24) is 9.97 Å². The monoisotopic (exact) mass is 367 g/mol. The Morgan fingerprint density at radius 3 is 2.72 bits per heavy atom. The molecule has 1 aromatic rings. The molecule has 5 atom stereocenters. The molecule has 0 amide bonds. The Labute approximate surface area is 139 Å². The number of nitrogens with zero attached hydrogens (tertiary/aromatic N) is 2. The summed E-state index contributed by atoms with van der Waals surface area (Å²) in [6.45, 7) is -0.778. The van der Waals surface area contributed by atoms with Crippen LogP contribution in [-0.4, -0.2) is 75.8 Å². The van der Waals surface area contributed by atoms with Gasteiger partial charge in [-0.2, -0.15) is 18.2 Å². The molecule has 140 valence electrons. The second-order valence-corrected chi connectivity index (χ2v) is 5.74. The Balaban J connectivity index is 1.87. The second-order valence-electron chi connectivity index (χ2n) is 5.74. The molecule has 2 fully saturated rings. The van der Waals surface area contributed by atoms with Crippen molar-refractivity contribution in [1.29, 1.82) is 0 Å². The van der Waals surface area contributed by atoms with Crippen molar-refractivity contribution >= 4 is 5.95 Å². The third-order valence-electron chi connectivity index (χ3n) is 4.13. The van der Waals surface area contributed by atoms with Crippen molar-refractivity contribution in [2.45, 2.75) is 36.3 Å². The van der Waals surface area contributed by atoms with Gasteiger partial charge in [0.2, 0.25) is 11.8 Å². The van der Waals surface area contributed by atoms with Crippen molar-refractivity contribution in [3.8, 4) is 5.88 Å². The minimum absolute atomic E-state index is 0.183. The van der Waals surface area contributed by atoms with Gasteiger partial charge in [-0.25, -0.2) is 4.98 Å². The fourth-order valence-corrected chi connectivity index (χ4v) is 2.74. The number of anilines is 1. The van der Waals surface area contributed by atoms with Crippen molar-refractivity contribution in [2.75, 3.05) is 25.6 Å². The van der Waals surface area contributed by atoms with Gasteiger partial charge in [0.25, 0.3) is 0 Å². The molecule has 0 aromatic carbocycles. The van der Waals surface area contributed by atoms with Gasteiger partial charge in [0.15, 0.2) is 12.0 Å². The Hall–Kier alpha value is -1.73. The van der Waals surface area contributed by atoms with E-state index < -0.39 is 54.6 Å². The van der Waals surface area contributed by atoms with E-state index >= 15 is 0 Å². The molecule has 4 N–H and O–H groups in total. The summed E-state index contributed by atoms with van der Waals surface area (Å²) in [7, 11) is 1.14. The highest BCUT2D eigenvalue weighted by Gasteiger charge is 2.59. The Bertz CT molecular complexity index is 648. The van der Waals surface area contributed by atoms with Crippen LogP contribution in [0.25, 0.3) is 0 Å². The average molecular weight is 367 g/mol. The van der Waals surface area contributed by atoms with Gasteiger partial charge in [0.05, 0.1) is 20.3 Å². The highest BCUT2D eigenvalue weighted by Crippen LogP contribution is 2.38. The van der Waals surface area contributed by atoms with Gasteiger partial charge in [0.1, 0.15) is 23.9 Å². The van der Waals surface area contributed by atoms with Crippen LogP contribution in [0.4, 0.5) is 19.1 Å². The van der Waals surface area contributed by atoms with Gasteiger partial charge in [0, 0.05) is 6.07 Å². The first-order valence-electron chi connectivity index (χ1n) is 7.23. The Morgan fingerprint density at radius 1 is 1.40 bits per heavy atom. The lowest BCUT2D eigenvalue weighted by atomic mass is 9.88. The number of hydrogen-bond donors (Lipinski definition) is 4. The number of alkyl halides is 3. The lowest BCUT2D eigenvalue weighted by Gasteiger charge is -2.41. The number of nitrogens with one attached hydrogen (secondary N) is 1. The van der Waals surface area contributed by atoms with Crippen LogP contribution in [0.3, 0.4) is 0 Å². The van der Waals surface area contributed by atoms with Crippen LogP contribution in [0.15, 0.2) is 6.07 Å². The number of aliphatic hydroxyl groups excluding tert-OH is 3. The fraction of sp³-hybridized carbons (Fsp3) is 0.692. The zero-order chi connectivity index (χ0) is 18.4. The largest absolute Gasteiger partial charge is 0.481 e. The zero-order valence-corrected chi connectivity index (χ0v) is 12.9. The van der Waals surface area contributed by atoms with Crippen LogP contribution in [0, 0.1) is 0 Å². The summed E-state index contributed by atoms with van der Waals surface area (Å²) in [5.41, 5.74) is -2.72. The lowest BCUT2D eigenvalue weighted by Crippen LogP contribution is -2.64. The molecular weight excluding hydrogens is 351 g/mol. The van der Waals surface area contributed by atoms with E-state index in [2.05, 4.69) is 15.3 Å². The molecule has 25 heavy (non-hydrogen) atoms. The van der Waals surface area contributed by atoms with E-state index in [9.17, 15) is 28.5 Å². The summed E-state index contributed by atoms with van der Waals surface area (Å²) in [4.78, 5) is 7.09. The van der Waals surface area contributed by atoms with Gasteiger partial charge in [-0.15, -0.1) is 0 Å². The number of fused-ring (bicyclic) bond motifs is 2. The molecule has 3 heterocycles. The van der Waals surface area contributed by atoms with Crippen molar-refractivity contribution in [3.05, 3.63) is 11.8 Å². The molecule has 12 heteroatoms. The molecule has 2 bridgehead atoms. The topological polar surface area (TPSA) is 126 Å². The first-order valence-corrected chi connectivity index (χ1v) is 7.23. The van der Waals surface area contributed by atoms with Crippen LogP contribution >= 0.6 is 0 Å². The van der Waals surface area contributed by atoms with E-state index in [1.165, 1.54) is 0 Å². The van der Waals surface area contributed by atoms with Crippen molar-refractivity contribution in [2.24, 2.45) is 0 Å². The molecule has 1 aromatic heterocycles. The third-order valence-corrected chi connectivity index (χ3v) is 4.13. The summed E-state index contributed by atoms with van der Waals surface area (Å²) in [6, 6.07) is -0.540. The number of halogens is 3. The van der Waals surface area contributed by atoms with Crippen LogP contribution < -0.4 is 10.1 Å². The van der Waals surface area contributed by atoms with E-state index in [4.69, 9.17) is 14.2 Å². The third kappa shape index (κ3) is 3.11. The van der Waals surface area contributed by atoms with Crippen LogP contribution in [0.1, 0.15) is 5.69 Å². The molecule has 0 radical (unpaired) electrons. The minimum Gasteiger partial charge on any atom is -0.481 e. The summed E-state index contributed by atoms with van der Waals surface area (Å²) in [5, 5.41) is 32.2. The van der Waals surface area contributed by atoms with E-state index in [-0.39, 0.29) is 12.5 Å². The number of rotatable bonds is 4. The maximum absolute atomic E-state index is 12.9. The molecule has 2 aliphatic rings. The number of hydrogen-bond acceptors (Lipinski definition) is 9. The first kappa shape index (κ1) is 18.1. The summed E-state index contributed by atoms with van der Waals surface area (Å²) in [5.74, 6) is -0.827. The van der Waals surface area contributed by atoms with Gasteiger partial charge >= 0.3 is 6.18 Å². The van der Waals surface area contributed by atoms with Gasteiger partial charge in [-0.3, -0.25) is 0 Å². The normalized spacial score (nSPS) is 34.8. The smallest absolute Gasteiger partial charge is 0.433 e. The molecule has 0 unspecified atom stereocenters. The molecule has 0 aliphatic carbocycles. The van der Waals surface area contributed by atoms with E-state index in [1.807, 2.05) is 0 Å². The summed E-state index contributed by atoms with van der Waals surface area (Å²) in [6.07, 6.45) is -8.88. The van der Waals surface area contributed by atoms with Gasteiger partial charge in [-0.1, -0.05) is 0 Å². The number of aromatic nitrogens is 2.